The van der Waals surface area contributed by atoms with Gasteiger partial charge in [-0.1, -0.05) is 0 Å². The maximum atomic E-state index is 11.7. The lowest BCUT2D eigenvalue weighted by molar-refractivity contribution is 0.0519. The second-order valence-electron chi connectivity index (χ2n) is 4.35. The molecule has 18 heavy (non-hydrogen) atoms. The van der Waals surface area contributed by atoms with Gasteiger partial charge in [-0.15, -0.1) is 11.3 Å². The molecular formula is C12H21N3O2S. The third-order valence-electron chi connectivity index (χ3n) is 2.46. The number of hydrogen-bond acceptors (Lipinski definition) is 6. The second kappa shape index (κ2) is 6.70. The molecule has 0 spiro atoms. The van der Waals surface area contributed by atoms with E-state index < -0.39 is 0 Å². The number of thiazole rings is 1. The Morgan fingerprint density at radius 2 is 2.00 bits per heavy atom. The Labute approximate surface area is 112 Å². The Hall–Kier alpha value is -1.14. The summed E-state index contributed by atoms with van der Waals surface area (Å²) in [4.78, 5) is 21.1. The van der Waals surface area contributed by atoms with Crippen LogP contribution in [0.25, 0.3) is 0 Å². The summed E-state index contributed by atoms with van der Waals surface area (Å²) in [6.45, 7) is 5.89. The predicted octanol–water partition coefficient (Wildman–Crippen LogP) is 1.63. The highest BCUT2D eigenvalue weighted by atomic mass is 32.1. The summed E-state index contributed by atoms with van der Waals surface area (Å²) in [5.41, 5.74) is 0.438. The summed E-state index contributed by atoms with van der Waals surface area (Å²) in [6.07, 6.45) is 0. The molecule has 0 amide bonds. The normalized spacial score (nSPS) is 10.8. The number of carbonyl (C=O) groups excluding carboxylic acids is 1. The van der Waals surface area contributed by atoms with Gasteiger partial charge in [0.25, 0.3) is 0 Å². The minimum absolute atomic E-state index is 0.335. The fraction of sp³-hybridized carbons (Fsp3) is 0.667. The largest absolute Gasteiger partial charge is 0.461 e. The van der Waals surface area contributed by atoms with Crippen molar-refractivity contribution in [1.29, 1.82) is 0 Å². The molecule has 0 unspecified atom stereocenters. The Kier molecular flexibility index (Phi) is 5.55. The van der Waals surface area contributed by atoms with E-state index in [2.05, 4.69) is 14.8 Å². The number of aromatic nitrogens is 1. The Morgan fingerprint density at radius 3 is 2.56 bits per heavy atom. The average molecular weight is 271 g/mol. The molecule has 1 heterocycles. The van der Waals surface area contributed by atoms with Gasteiger partial charge in [-0.25, -0.2) is 9.78 Å². The highest BCUT2D eigenvalue weighted by molar-refractivity contribution is 7.15. The summed E-state index contributed by atoms with van der Waals surface area (Å²) in [6, 6.07) is 0. The van der Waals surface area contributed by atoms with Crippen LogP contribution in [0.15, 0.2) is 0 Å². The molecule has 1 rings (SSSR count). The Balaban J connectivity index is 2.73. The zero-order valence-electron chi connectivity index (χ0n) is 11.7. The van der Waals surface area contributed by atoms with Gasteiger partial charge in [-0.05, 0) is 27.9 Å². The van der Waals surface area contributed by atoms with Crippen LogP contribution in [0.4, 0.5) is 5.13 Å². The van der Waals surface area contributed by atoms with Crippen molar-refractivity contribution in [3.63, 3.8) is 0 Å². The van der Waals surface area contributed by atoms with Gasteiger partial charge in [0.2, 0.25) is 0 Å². The molecule has 0 aliphatic carbocycles. The highest BCUT2D eigenvalue weighted by Gasteiger charge is 2.18. The minimum Gasteiger partial charge on any atom is -0.461 e. The van der Waals surface area contributed by atoms with Crippen LogP contribution in [0.3, 0.4) is 0 Å². The van der Waals surface area contributed by atoms with Crippen LogP contribution in [-0.4, -0.2) is 56.7 Å². The van der Waals surface area contributed by atoms with Crippen molar-refractivity contribution in [2.24, 2.45) is 0 Å². The van der Waals surface area contributed by atoms with Crippen LogP contribution in [0, 0.1) is 6.92 Å². The van der Waals surface area contributed by atoms with Gasteiger partial charge in [0.15, 0.2) is 10.8 Å². The summed E-state index contributed by atoms with van der Waals surface area (Å²) in [5.74, 6) is -0.335. The molecule has 0 aromatic carbocycles. The summed E-state index contributed by atoms with van der Waals surface area (Å²) in [5, 5.41) is 0.859. The fourth-order valence-corrected chi connectivity index (χ4v) is 2.26. The maximum Gasteiger partial charge on any atom is 0.358 e. The van der Waals surface area contributed by atoms with E-state index in [1.165, 1.54) is 11.3 Å². The number of esters is 1. The Morgan fingerprint density at radius 1 is 1.33 bits per heavy atom. The van der Waals surface area contributed by atoms with Gasteiger partial charge < -0.3 is 14.5 Å². The minimum atomic E-state index is -0.335. The molecule has 0 radical (unpaired) electrons. The van der Waals surface area contributed by atoms with E-state index in [9.17, 15) is 4.79 Å². The van der Waals surface area contributed by atoms with E-state index in [0.717, 1.165) is 23.1 Å². The van der Waals surface area contributed by atoms with E-state index in [1.807, 2.05) is 28.1 Å². The van der Waals surface area contributed by atoms with Crippen LogP contribution in [0.2, 0.25) is 0 Å². The summed E-state index contributed by atoms with van der Waals surface area (Å²) < 4.78 is 4.98. The Bertz CT molecular complexity index is 404. The fourth-order valence-electron chi connectivity index (χ4n) is 1.38. The van der Waals surface area contributed by atoms with Crippen molar-refractivity contribution < 1.29 is 9.53 Å². The van der Waals surface area contributed by atoms with Gasteiger partial charge in [0.05, 0.1) is 6.61 Å². The van der Waals surface area contributed by atoms with Crippen LogP contribution in [0.5, 0.6) is 0 Å². The van der Waals surface area contributed by atoms with Crippen molar-refractivity contribution in [3.8, 4) is 0 Å². The van der Waals surface area contributed by atoms with Crippen molar-refractivity contribution in [1.82, 2.24) is 9.88 Å². The van der Waals surface area contributed by atoms with E-state index >= 15 is 0 Å². The number of nitrogens with zero attached hydrogens (tertiary/aromatic N) is 3. The molecule has 6 heteroatoms. The number of anilines is 1. The van der Waals surface area contributed by atoms with Gasteiger partial charge in [-0.2, -0.15) is 0 Å². The van der Waals surface area contributed by atoms with Crippen molar-refractivity contribution in [2.45, 2.75) is 13.8 Å². The topological polar surface area (TPSA) is 45.7 Å². The van der Waals surface area contributed by atoms with E-state index in [0.29, 0.717) is 12.3 Å². The second-order valence-corrected chi connectivity index (χ2v) is 5.53. The number of carbonyl (C=O) groups is 1. The quantitative estimate of drug-likeness (QED) is 0.736. The first-order chi connectivity index (χ1) is 8.45. The van der Waals surface area contributed by atoms with Gasteiger partial charge in [0, 0.05) is 25.0 Å². The van der Waals surface area contributed by atoms with Crippen LogP contribution >= 0.6 is 11.3 Å². The number of ether oxygens (including phenoxy) is 1. The number of hydrogen-bond donors (Lipinski definition) is 0. The number of rotatable bonds is 6. The van der Waals surface area contributed by atoms with E-state index in [1.54, 1.807) is 6.92 Å². The predicted molar refractivity (Wildman–Crippen MR) is 74.6 cm³/mol. The molecule has 0 saturated heterocycles. The first-order valence-corrected chi connectivity index (χ1v) is 6.77. The molecule has 0 aliphatic heterocycles. The van der Waals surface area contributed by atoms with Crippen LogP contribution < -0.4 is 4.90 Å². The van der Waals surface area contributed by atoms with Gasteiger partial charge in [0.1, 0.15) is 0 Å². The molecule has 0 N–H and O–H groups in total. The van der Waals surface area contributed by atoms with E-state index in [-0.39, 0.29) is 5.97 Å². The summed E-state index contributed by atoms with van der Waals surface area (Å²) in [7, 11) is 6.05. The molecule has 1 aromatic heterocycles. The highest BCUT2D eigenvalue weighted by Crippen LogP contribution is 2.25. The third kappa shape index (κ3) is 3.96. The van der Waals surface area contributed by atoms with Crippen molar-refractivity contribution in [3.05, 3.63) is 10.6 Å². The molecule has 102 valence electrons. The zero-order valence-corrected chi connectivity index (χ0v) is 12.5. The van der Waals surface area contributed by atoms with Gasteiger partial charge >= 0.3 is 5.97 Å². The molecule has 5 nitrogen and oxygen atoms in total. The first-order valence-electron chi connectivity index (χ1n) is 5.96. The molecule has 1 aromatic rings. The number of likely N-dealkylation sites (N-methyl/N-ethyl adjacent to an activating group) is 2. The molecule has 0 aliphatic rings. The zero-order chi connectivity index (χ0) is 13.7. The lowest BCUT2D eigenvalue weighted by Crippen LogP contribution is -2.28. The smallest absolute Gasteiger partial charge is 0.358 e. The third-order valence-corrected chi connectivity index (χ3v) is 3.55. The van der Waals surface area contributed by atoms with Gasteiger partial charge in [-0.3, -0.25) is 0 Å². The first kappa shape index (κ1) is 14.9. The molecule has 0 fully saturated rings. The lowest BCUT2D eigenvalue weighted by Gasteiger charge is -2.18. The van der Waals surface area contributed by atoms with Crippen LogP contribution in [-0.2, 0) is 4.74 Å². The maximum absolute atomic E-state index is 11.7. The van der Waals surface area contributed by atoms with Crippen molar-refractivity contribution in [2.75, 3.05) is 45.7 Å². The van der Waals surface area contributed by atoms with Crippen molar-refractivity contribution >= 4 is 22.4 Å². The molecular weight excluding hydrogens is 250 g/mol. The molecule has 0 saturated carbocycles. The standard InChI is InChI=1S/C12H21N3O2S/c1-6-17-11(16)10-9(2)18-12(13-10)15(5)8-7-14(3)4/h6-8H2,1-5H3. The molecule has 0 bridgehead atoms. The average Bonchev–Trinajstić information content (AvgIpc) is 2.68. The van der Waals surface area contributed by atoms with E-state index in [4.69, 9.17) is 4.74 Å². The molecule has 0 atom stereocenters. The lowest BCUT2D eigenvalue weighted by atomic mass is 10.4. The number of aryl methyl sites for hydroxylation is 1. The SMILES string of the molecule is CCOC(=O)c1nc(N(C)CCN(C)C)sc1C. The monoisotopic (exact) mass is 271 g/mol. The van der Waals surface area contributed by atoms with Crippen LogP contribution in [0.1, 0.15) is 22.3 Å². The summed E-state index contributed by atoms with van der Waals surface area (Å²) >= 11 is 1.52.